The van der Waals surface area contributed by atoms with Crippen molar-refractivity contribution in [1.29, 1.82) is 0 Å². The molecule has 0 saturated carbocycles. The molecule has 1 nitrogen and oxygen atoms in total. The first kappa shape index (κ1) is 25.0. The molecule has 0 fully saturated rings. The van der Waals surface area contributed by atoms with Crippen molar-refractivity contribution in [2.45, 2.75) is 77.2 Å². The highest BCUT2D eigenvalue weighted by Crippen LogP contribution is 2.52. The highest BCUT2D eigenvalue weighted by Gasteiger charge is 2.39. The van der Waals surface area contributed by atoms with Crippen LogP contribution in [-0.2, 0) is 5.41 Å². The third-order valence-corrected chi connectivity index (χ3v) is 9.01. The molecule has 6 rings (SSSR count). The second-order valence-corrected chi connectivity index (χ2v) is 11.9. The van der Waals surface area contributed by atoms with Crippen molar-refractivity contribution >= 4 is 11.3 Å². The van der Waals surface area contributed by atoms with Crippen LogP contribution >= 0.6 is 0 Å². The van der Waals surface area contributed by atoms with Gasteiger partial charge in [0, 0.05) is 11.1 Å². The lowest BCUT2D eigenvalue weighted by atomic mass is 9.79. The fourth-order valence-electron chi connectivity index (χ4n) is 6.90. The SMILES string of the molecule is CCC[C@H]1CC=CC=C1/C=C1/C=C2C(=CC1)c1ccc(NC3CC=CC=C3C3=CC=CCC3)cc1C2(C)C. The van der Waals surface area contributed by atoms with Gasteiger partial charge in [-0.3, -0.25) is 0 Å². The summed E-state index contributed by atoms with van der Waals surface area (Å²) in [6.45, 7) is 7.11. The molecule has 0 amide bonds. The molecular weight excluding hydrogens is 458 g/mol. The maximum Gasteiger partial charge on any atom is 0.0551 e. The van der Waals surface area contributed by atoms with Crippen LogP contribution in [0.5, 0.6) is 0 Å². The summed E-state index contributed by atoms with van der Waals surface area (Å²) in [5, 5.41) is 3.91. The molecule has 0 bridgehead atoms. The minimum atomic E-state index is -0.0101. The van der Waals surface area contributed by atoms with Crippen LogP contribution in [0.3, 0.4) is 0 Å². The predicted molar refractivity (Wildman–Crippen MR) is 164 cm³/mol. The summed E-state index contributed by atoms with van der Waals surface area (Å²) in [4.78, 5) is 0. The minimum Gasteiger partial charge on any atom is -0.378 e. The number of hydrogen-bond acceptors (Lipinski definition) is 1. The van der Waals surface area contributed by atoms with Crippen LogP contribution in [0, 0.1) is 5.92 Å². The number of rotatable bonds is 6. The monoisotopic (exact) mass is 499 g/mol. The van der Waals surface area contributed by atoms with Crippen molar-refractivity contribution in [2.75, 3.05) is 5.32 Å². The summed E-state index contributed by atoms with van der Waals surface area (Å²) in [6, 6.07) is 7.40. The van der Waals surface area contributed by atoms with E-state index in [1.54, 1.807) is 0 Å². The van der Waals surface area contributed by atoms with Gasteiger partial charge in [-0.1, -0.05) is 106 Å². The number of fused-ring (bicyclic) bond motifs is 3. The van der Waals surface area contributed by atoms with E-state index in [4.69, 9.17) is 0 Å². The van der Waals surface area contributed by atoms with Gasteiger partial charge in [0.05, 0.1) is 6.04 Å². The van der Waals surface area contributed by atoms with Crippen molar-refractivity contribution in [1.82, 2.24) is 0 Å². The summed E-state index contributed by atoms with van der Waals surface area (Å²) in [5.74, 6) is 0.665. The van der Waals surface area contributed by atoms with Crippen LogP contribution in [0.15, 0.2) is 119 Å². The van der Waals surface area contributed by atoms with Crippen molar-refractivity contribution in [3.63, 3.8) is 0 Å². The Labute approximate surface area is 229 Å². The Hall–Kier alpha value is -3.32. The average molecular weight is 500 g/mol. The molecule has 1 unspecified atom stereocenters. The average Bonchev–Trinajstić information content (AvgIpc) is 3.16. The Morgan fingerprint density at radius 2 is 1.84 bits per heavy atom. The zero-order chi connectivity index (χ0) is 26.1. The molecule has 0 heterocycles. The van der Waals surface area contributed by atoms with Crippen LogP contribution in [0.2, 0.25) is 0 Å². The van der Waals surface area contributed by atoms with E-state index in [-0.39, 0.29) is 5.41 Å². The fourth-order valence-corrected chi connectivity index (χ4v) is 6.90. The molecule has 5 aliphatic carbocycles. The van der Waals surface area contributed by atoms with E-state index in [0.717, 1.165) is 25.7 Å². The maximum atomic E-state index is 3.91. The van der Waals surface area contributed by atoms with Crippen LogP contribution < -0.4 is 5.32 Å². The topological polar surface area (TPSA) is 12.0 Å². The molecule has 0 spiro atoms. The Kier molecular flexibility index (Phi) is 6.87. The van der Waals surface area contributed by atoms with E-state index in [2.05, 4.69) is 117 Å². The molecule has 0 saturated heterocycles. The Bertz CT molecular complexity index is 1390. The standard InChI is InChI=1S/C37H41N/c1-4-12-27-13-8-9-16-29(27)23-26-19-21-32-33-22-20-30(25-35(33)37(2,3)34(32)24-26)38-36-18-11-10-17-31(36)28-14-6-5-7-15-28/h5-6,8-11,14,16-17,20-25,27,36,38H,4,7,12-13,15,18-19H2,1-3H3/b26-23+/t27-,36?/m0/s1. The van der Waals surface area contributed by atoms with Crippen LogP contribution in [0.25, 0.3) is 5.57 Å². The summed E-state index contributed by atoms with van der Waals surface area (Å²) in [5.41, 5.74) is 12.9. The van der Waals surface area contributed by atoms with Gasteiger partial charge in [-0.05, 0) is 101 Å². The van der Waals surface area contributed by atoms with Gasteiger partial charge in [0.1, 0.15) is 0 Å². The first-order valence-corrected chi connectivity index (χ1v) is 14.7. The summed E-state index contributed by atoms with van der Waals surface area (Å²) in [7, 11) is 0. The van der Waals surface area contributed by atoms with E-state index in [1.165, 1.54) is 69.5 Å². The van der Waals surface area contributed by atoms with E-state index < -0.39 is 0 Å². The molecule has 1 heteroatoms. The highest BCUT2D eigenvalue weighted by atomic mass is 14.9. The normalized spacial score (nSPS) is 26.2. The molecule has 194 valence electrons. The van der Waals surface area contributed by atoms with Crippen molar-refractivity contribution in [3.8, 4) is 0 Å². The number of benzene rings is 1. The second kappa shape index (κ2) is 10.4. The van der Waals surface area contributed by atoms with Gasteiger partial charge in [0.15, 0.2) is 0 Å². The fraction of sp³-hybridized carbons (Fsp3) is 0.351. The van der Waals surface area contributed by atoms with Gasteiger partial charge < -0.3 is 5.32 Å². The zero-order valence-corrected chi connectivity index (χ0v) is 23.3. The van der Waals surface area contributed by atoms with Gasteiger partial charge in [0.2, 0.25) is 0 Å². The molecule has 1 aromatic rings. The minimum absolute atomic E-state index is 0.0101. The summed E-state index contributed by atoms with van der Waals surface area (Å²) in [6.07, 6.45) is 36.0. The number of hydrogen-bond donors (Lipinski definition) is 1. The molecule has 1 N–H and O–H groups in total. The van der Waals surface area contributed by atoms with E-state index in [0.29, 0.717) is 12.0 Å². The smallest absolute Gasteiger partial charge is 0.0551 e. The van der Waals surface area contributed by atoms with Gasteiger partial charge in [-0.15, -0.1) is 0 Å². The largest absolute Gasteiger partial charge is 0.378 e. The third-order valence-electron chi connectivity index (χ3n) is 9.01. The number of nitrogens with one attached hydrogen (secondary N) is 1. The Morgan fingerprint density at radius 1 is 1.00 bits per heavy atom. The van der Waals surface area contributed by atoms with Gasteiger partial charge in [-0.2, -0.15) is 0 Å². The van der Waals surface area contributed by atoms with Crippen LogP contribution in [0.4, 0.5) is 5.69 Å². The quantitative estimate of drug-likeness (QED) is 0.411. The van der Waals surface area contributed by atoms with E-state index >= 15 is 0 Å². The molecular formula is C37H41N. The lowest BCUT2D eigenvalue weighted by molar-refractivity contribution is 0.563. The molecule has 0 radical (unpaired) electrons. The lowest BCUT2D eigenvalue weighted by Gasteiger charge is -2.28. The summed E-state index contributed by atoms with van der Waals surface area (Å²) >= 11 is 0. The molecule has 1 aromatic carbocycles. The van der Waals surface area contributed by atoms with Gasteiger partial charge >= 0.3 is 0 Å². The maximum absolute atomic E-state index is 3.91. The number of anilines is 1. The highest BCUT2D eigenvalue weighted by molar-refractivity contribution is 5.92. The van der Waals surface area contributed by atoms with Crippen molar-refractivity contribution < 1.29 is 0 Å². The molecule has 0 aliphatic heterocycles. The first-order valence-electron chi connectivity index (χ1n) is 14.7. The molecule has 5 aliphatic rings. The van der Waals surface area contributed by atoms with Crippen molar-refractivity contribution in [3.05, 3.63) is 130 Å². The third kappa shape index (κ3) is 4.68. The van der Waals surface area contributed by atoms with Gasteiger partial charge in [0.25, 0.3) is 0 Å². The zero-order valence-electron chi connectivity index (χ0n) is 23.3. The van der Waals surface area contributed by atoms with Crippen molar-refractivity contribution in [2.24, 2.45) is 5.92 Å². The first-order chi connectivity index (χ1) is 18.5. The lowest BCUT2D eigenvalue weighted by Crippen LogP contribution is -2.24. The Balaban J connectivity index is 1.27. The van der Waals surface area contributed by atoms with Crippen LogP contribution in [-0.4, -0.2) is 6.04 Å². The van der Waals surface area contributed by atoms with E-state index in [1.807, 2.05) is 0 Å². The van der Waals surface area contributed by atoms with E-state index in [9.17, 15) is 0 Å². The summed E-state index contributed by atoms with van der Waals surface area (Å²) < 4.78 is 0. The Morgan fingerprint density at radius 3 is 2.68 bits per heavy atom. The number of allylic oxidation sites excluding steroid dienone is 15. The molecule has 2 atom stereocenters. The predicted octanol–water partition coefficient (Wildman–Crippen LogP) is 9.86. The second-order valence-electron chi connectivity index (χ2n) is 11.9. The molecule has 38 heavy (non-hydrogen) atoms. The molecule has 0 aromatic heterocycles. The van der Waals surface area contributed by atoms with Crippen LogP contribution in [0.1, 0.15) is 76.8 Å². The van der Waals surface area contributed by atoms with Gasteiger partial charge in [-0.25, -0.2) is 0 Å².